The Bertz CT molecular complexity index is 631. The summed E-state index contributed by atoms with van der Waals surface area (Å²) in [5.74, 6) is -0.241. The second-order valence-corrected chi connectivity index (χ2v) is 7.47. The van der Waals surface area contributed by atoms with Gasteiger partial charge in [-0.1, -0.05) is 6.07 Å². The normalized spacial score (nSPS) is 24.0. The van der Waals surface area contributed by atoms with Crippen LogP contribution in [0, 0.1) is 0 Å². The van der Waals surface area contributed by atoms with Crippen LogP contribution in [0.3, 0.4) is 0 Å². The maximum Gasteiger partial charge on any atom is 0.317 e. The van der Waals surface area contributed by atoms with E-state index in [9.17, 15) is 14.4 Å². The molecule has 7 nitrogen and oxygen atoms in total. The fourth-order valence-electron chi connectivity index (χ4n) is 3.09. The molecule has 24 heavy (non-hydrogen) atoms. The van der Waals surface area contributed by atoms with Gasteiger partial charge in [0.25, 0.3) is 0 Å². The summed E-state index contributed by atoms with van der Waals surface area (Å²) < 4.78 is 0. The molecule has 2 saturated heterocycles. The summed E-state index contributed by atoms with van der Waals surface area (Å²) in [5.41, 5.74) is 0. The minimum atomic E-state index is -0.594. The SMILES string of the molecule is CC(C)NC(=O)N1CCN2C(=O)C(Cc3cccs3)NC(=O)C2C1. The Hall–Kier alpha value is -2.09. The lowest BCUT2D eigenvalue weighted by molar-refractivity contribution is -0.152. The Kier molecular flexibility index (Phi) is 4.75. The average Bonchev–Trinajstić information content (AvgIpc) is 3.04. The molecule has 8 heteroatoms. The molecule has 2 unspecified atom stereocenters. The summed E-state index contributed by atoms with van der Waals surface area (Å²) in [6.45, 7) is 4.85. The van der Waals surface area contributed by atoms with Crippen LogP contribution in [0.2, 0.25) is 0 Å². The number of carbonyl (C=O) groups is 3. The molecular weight excluding hydrogens is 328 g/mol. The summed E-state index contributed by atoms with van der Waals surface area (Å²) in [6.07, 6.45) is 0.517. The first kappa shape index (κ1) is 16.8. The standard InChI is InChI=1S/C16H22N4O3S/c1-10(2)17-16(23)19-5-6-20-13(9-19)14(21)18-12(15(20)22)8-11-4-3-7-24-11/h3-4,7,10,12-13H,5-6,8-9H2,1-2H3,(H,17,23)(H,18,21). The molecule has 0 saturated carbocycles. The third-order valence-corrected chi connectivity index (χ3v) is 5.16. The molecule has 0 spiro atoms. The van der Waals surface area contributed by atoms with Gasteiger partial charge in [-0.25, -0.2) is 4.79 Å². The molecule has 130 valence electrons. The fourth-order valence-corrected chi connectivity index (χ4v) is 3.84. The molecule has 2 aliphatic heterocycles. The number of nitrogens with one attached hydrogen (secondary N) is 2. The molecule has 0 aliphatic carbocycles. The van der Waals surface area contributed by atoms with Crippen molar-refractivity contribution in [2.45, 2.75) is 38.4 Å². The molecule has 3 heterocycles. The zero-order valence-corrected chi connectivity index (χ0v) is 14.6. The van der Waals surface area contributed by atoms with E-state index in [0.717, 1.165) is 4.88 Å². The Morgan fingerprint density at radius 2 is 2.21 bits per heavy atom. The van der Waals surface area contributed by atoms with E-state index >= 15 is 0 Å². The molecule has 2 N–H and O–H groups in total. The predicted octanol–water partition coefficient (Wildman–Crippen LogP) is 0.420. The Balaban J connectivity index is 1.66. The summed E-state index contributed by atoms with van der Waals surface area (Å²) in [6, 6.07) is 2.64. The maximum absolute atomic E-state index is 12.7. The van der Waals surface area contributed by atoms with E-state index in [1.165, 1.54) is 0 Å². The lowest BCUT2D eigenvalue weighted by atomic mass is 10.0. The number of amides is 4. The highest BCUT2D eigenvalue weighted by atomic mass is 32.1. The van der Waals surface area contributed by atoms with E-state index < -0.39 is 12.1 Å². The fraction of sp³-hybridized carbons (Fsp3) is 0.562. The molecule has 2 fully saturated rings. The van der Waals surface area contributed by atoms with Gasteiger partial charge in [0.2, 0.25) is 11.8 Å². The van der Waals surface area contributed by atoms with E-state index in [-0.39, 0.29) is 30.4 Å². The topological polar surface area (TPSA) is 81.8 Å². The van der Waals surface area contributed by atoms with Crippen LogP contribution in [0.25, 0.3) is 0 Å². The van der Waals surface area contributed by atoms with Crippen LogP contribution < -0.4 is 10.6 Å². The number of piperazine rings is 2. The summed E-state index contributed by atoms with van der Waals surface area (Å²) >= 11 is 1.58. The molecule has 1 aromatic heterocycles. The number of thiophene rings is 1. The van der Waals surface area contributed by atoms with Crippen molar-refractivity contribution in [2.75, 3.05) is 19.6 Å². The second kappa shape index (κ2) is 6.80. The number of carbonyl (C=O) groups excluding carboxylic acids is 3. The molecule has 0 aromatic carbocycles. The molecule has 3 rings (SSSR count). The predicted molar refractivity (Wildman–Crippen MR) is 90.7 cm³/mol. The van der Waals surface area contributed by atoms with Crippen molar-refractivity contribution < 1.29 is 14.4 Å². The highest BCUT2D eigenvalue weighted by molar-refractivity contribution is 7.09. The third-order valence-electron chi connectivity index (χ3n) is 4.27. The van der Waals surface area contributed by atoms with E-state index in [1.54, 1.807) is 21.1 Å². The molecule has 2 atom stereocenters. The minimum Gasteiger partial charge on any atom is -0.342 e. The Labute approximate surface area is 145 Å². The number of fused-ring (bicyclic) bond motifs is 1. The van der Waals surface area contributed by atoms with Gasteiger partial charge in [0.15, 0.2) is 0 Å². The molecule has 1 aromatic rings. The molecular formula is C16H22N4O3S. The molecule has 2 aliphatic rings. The van der Waals surface area contributed by atoms with Crippen LogP contribution >= 0.6 is 11.3 Å². The van der Waals surface area contributed by atoms with Crippen LogP contribution in [-0.2, 0) is 16.0 Å². The van der Waals surface area contributed by atoms with Gasteiger partial charge in [-0.2, -0.15) is 0 Å². The lowest BCUT2D eigenvalue weighted by Gasteiger charge is -2.45. The molecule has 0 bridgehead atoms. The van der Waals surface area contributed by atoms with E-state index in [0.29, 0.717) is 19.5 Å². The van der Waals surface area contributed by atoms with Crippen LogP contribution in [0.4, 0.5) is 4.79 Å². The van der Waals surface area contributed by atoms with Crippen molar-refractivity contribution in [3.8, 4) is 0 Å². The number of rotatable bonds is 3. The van der Waals surface area contributed by atoms with Crippen molar-refractivity contribution in [1.29, 1.82) is 0 Å². The van der Waals surface area contributed by atoms with Gasteiger partial charge in [0.05, 0.1) is 6.54 Å². The number of hydrogen-bond donors (Lipinski definition) is 2. The maximum atomic E-state index is 12.7. The average molecular weight is 350 g/mol. The number of nitrogens with zero attached hydrogens (tertiary/aromatic N) is 2. The van der Waals surface area contributed by atoms with Crippen LogP contribution in [0.5, 0.6) is 0 Å². The summed E-state index contributed by atoms with van der Waals surface area (Å²) in [7, 11) is 0. The van der Waals surface area contributed by atoms with E-state index in [4.69, 9.17) is 0 Å². The van der Waals surface area contributed by atoms with Gasteiger partial charge in [-0.05, 0) is 25.3 Å². The zero-order chi connectivity index (χ0) is 17.3. The number of hydrogen-bond acceptors (Lipinski definition) is 4. The highest BCUT2D eigenvalue weighted by Gasteiger charge is 2.44. The second-order valence-electron chi connectivity index (χ2n) is 6.44. The monoisotopic (exact) mass is 350 g/mol. The largest absolute Gasteiger partial charge is 0.342 e. The highest BCUT2D eigenvalue weighted by Crippen LogP contribution is 2.20. The quantitative estimate of drug-likeness (QED) is 0.829. The zero-order valence-electron chi connectivity index (χ0n) is 13.8. The first-order valence-corrected chi connectivity index (χ1v) is 9.02. The van der Waals surface area contributed by atoms with E-state index in [1.807, 2.05) is 31.4 Å². The molecule has 4 amide bonds. The Morgan fingerprint density at radius 3 is 2.88 bits per heavy atom. The van der Waals surface area contributed by atoms with Crippen molar-refractivity contribution in [2.24, 2.45) is 0 Å². The van der Waals surface area contributed by atoms with Gasteiger partial charge < -0.3 is 20.4 Å². The number of urea groups is 1. The van der Waals surface area contributed by atoms with Gasteiger partial charge in [-0.15, -0.1) is 11.3 Å². The summed E-state index contributed by atoms with van der Waals surface area (Å²) in [4.78, 5) is 41.6. The van der Waals surface area contributed by atoms with Crippen molar-refractivity contribution in [3.05, 3.63) is 22.4 Å². The summed E-state index contributed by atoms with van der Waals surface area (Å²) in [5, 5.41) is 7.61. The minimum absolute atomic E-state index is 0.0347. The lowest BCUT2D eigenvalue weighted by Crippen LogP contribution is -2.70. The Morgan fingerprint density at radius 1 is 1.42 bits per heavy atom. The van der Waals surface area contributed by atoms with Gasteiger partial charge in [0, 0.05) is 30.4 Å². The van der Waals surface area contributed by atoms with Crippen LogP contribution in [0.15, 0.2) is 17.5 Å². The van der Waals surface area contributed by atoms with Gasteiger partial charge in [0.1, 0.15) is 12.1 Å². The van der Waals surface area contributed by atoms with Gasteiger partial charge >= 0.3 is 6.03 Å². The first-order chi connectivity index (χ1) is 11.5. The van der Waals surface area contributed by atoms with E-state index in [2.05, 4.69) is 10.6 Å². The first-order valence-electron chi connectivity index (χ1n) is 8.14. The third kappa shape index (κ3) is 3.38. The van der Waals surface area contributed by atoms with Gasteiger partial charge in [-0.3, -0.25) is 9.59 Å². The van der Waals surface area contributed by atoms with Crippen molar-refractivity contribution in [1.82, 2.24) is 20.4 Å². The molecule has 0 radical (unpaired) electrons. The van der Waals surface area contributed by atoms with Crippen LogP contribution in [0.1, 0.15) is 18.7 Å². The van der Waals surface area contributed by atoms with Crippen molar-refractivity contribution in [3.63, 3.8) is 0 Å². The smallest absolute Gasteiger partial charge is 0.317 e. The van der Waals surface area contributed by atoms with Crippen LogP contribution in [-0.4, -0.2) is 65.4 Å². The van der Waals surface area contributed by atoms with Crippen molar-refractivity contribution >= 4 is 29.2 Å².